The third-order valence-corrected chi connectivity index (χ3v) is 4.18. The van der Waals surface area contributed by atoms with E-state index in [1.165, 1.54) is 0 Å². The highest BCUT2D eigenvalue weighted by atomic mass is 35.5. The summed E-state index contributed by atoms with van der Waals surface area (Å²) in [4.78, 5) is 25.8. The number of carbonyl (C=O) groups is 2. The molecule has 5 nitrogen and oxygen atoms in total. The minimum atomic E-state index is -0.338. The summed E-state index contributed by atoms with van der Waals surface area (Å²) in [5.41, 5.74) is 1.28. The van der Waals surface area contributed by atoms with Gasteiger partial charge in [-0.15, -0.1) is 0 Å². The lowest BCUT2D eigenvalue weighted by Crippen LogP contribution is -2.26. The van der Waals surface area contributed by atoms with Crippen LogP contribution in [0.3, 0.4) is 0 Å². The van der Waals surface area contributed by atoms with Gasteiger partial charge in [0, 0.05) is 23.0 Å². The molecule has 2 amide bonds. The lowest BCUT2D eigenvalue weighted by Gasteiger charge is -2.20. The number of hydrogen-bond donors (Lipinski definition) is 1. The van der Waals surface area contributed by atoms with E-state index in [0.29, 0.717) is 40.1 Å². The van der Waals surface area contributed by atoms with Crippen LogP contribution in [0.4, 0.5) is 11.4 Å². The van der Waals surface area contributed by atoms with E-state index in [2.05, 4.69) is 5.32 Å². The van der Waals surface area contributed by atoms with Crippen LogP contribution in [0, 0.1) is 0 Å². The van der Waals surface area contributed by atoms with Crippen molar-refractivity contribution in [3.63, 3.8) is 0 Å². The van der Waals surface area contributed by atoms with Gasteiger partial charge in [-0.25, -0.2) is 0 Å². The van der Waals surface area contributed by atoms with Crippen LogP contribution >= 0.6 is 23.2 Å². The minimum Gasteiger partial charge on any atom is -0.484 e. The number of nitrogens with zero attached hydrogens (tertiary/aromatic N) is 1. The van der Waals surface area contributed by atoms with Gasteiger partial charge in [-0.05, 0) is 36.8 Å². The van der Waals surface area contributed by atoms with Crippen LogP contribution in [0.2, 0.25) is 10.0 Å². The van der Waals surface area contributed by atoms with Gasteiger partial charge in [0.25, 0.3) is 5.91 Å². The summed E-state index contributed by atoms with van der Waals surface area (Å²) >= 11 is 11.8. The molecule has 0 bridgehead atoms. The fourth-order valence-corrected chi connectivity index (χ4v) is 3.17. The molecule has 1 fully saturated rings. The normalized spacial score (nSPS) is 13.8. The Morgan fingerprint density at radius 3 is 2.56 bits per heavy atom. The van der Waals surface area contributed by atoms with Gasteiger partial charge in [-0.2, -0.15) is 0 Å². The van der Waals surface area contributed by atoms with E-state index < -0.39 is 0 Å². The molecule has 3 rings (SSSR count). The predicted octanol–water partition coefficient (Wildman–Crippen LogP) is 4.14. The molecule has 130 valence electrons. The van der Waals surface area contributed by atoms with E-state index in [9.17, 15) is 9.59 Å². The molecule has 25 heavy (non-hydrogen) atoms. The lowest BCUT2D eigenvalue weighted by molar-refractivity contribution is -0.118. The number of nitrogens with one attached hydrogen (secondary N) is 1. The van der Waals surface area contributed by atoms with Crippen LogP contribution in [0.15, 0.2) is 42.5 Å². The first-order valence-corrected chi connectivity index (χ1v) is 8.56. The SMILES string of the molecule is O=C(COc1cc(Cl)cc(Cl)c1)Nc1ccccc1N1CCCC1=O. The Morgan fingerprint density at radius 1 is 1.16 bits per heavy atom. The number of amides is 2. The topological polar surface area (TPSA) is 58.6 Å². The number of hydrogen-bond acceptors (Lipinski definition) is 3. The summed E-state index contributed by atoms with van der Waals surface area (Å²) < 4.78 is 5.43. The first-order chi connectivity index (χ1) is 12.0. The Kier molecular flexibility index (Phi) is 5.46. The molecule has 1 N–H and O–H groups in total. The van der Waals surface area contributed by atoms with Crippen LogP contribution in [-0.2, 0) is 9.59 Å². The Hall–Kier alpha value is -2.24. The van der Waals surface area contributed by atoms with Gasteiger partial charge >= 0.3 is 0 Å². The van der Waals surface area contributed by atoms with Gasteiger partial charge in [0.2, 0.25) is 5.91 Å². The van der Waals surface area contributed by atoms with E-state index in [-0.39, 0.29) is 18.4 Å². The highest BCUT2D eigenvalue weighted by Crippen LogP contribution is 2.29. The lowest BCUT2D eigenvalue weighted by atomic mass is 10.2. The number of benzene rings is 2. The quantitative estimate of drug-likeness (QED) is 0.850. The van der Waals surface area contributed by atoms with Gasteiger partial charge in [0.1, 0.15) is 5.75 Å². The number of ether oxygens (including phenoxy) is 1. The summed E-state index contributed by atoms with van der Waals surface area (Å²) in [6.45, 7) is 0.460. The van der Waals surface area contributed by atoms with Gasteiger partial charge < -0.3 is 15.0 Å². The standard InChI is InChI=1S/C18H16Cl2N2O3/c19-12-8-13(20)10-14(9-12)25-11-17(23)21-15-4-1-2-5-16(15)22-7-3-6-18(22)24/h1-2,4-5,8-10H,3,6-7,11H2,(H,21,23). The summed E-state index contributed by atoms with van der Waals surface area (Å²) in [5.74, 6) is 0.136. The van der Waals surface area contributed by atoms with Gasteiger partial charge in [0.05, 0.1) is 11.4 Å². The maximum Gasteiger partial charge on any atom is 0.262 e. The van der Waals surface area contributed by atoms with Gasteiger partial charge in [-0.3, -0.25) is 9.59 Å². The van der Waals surface area contributed by atoms with Crippen molar-refractivity contribution in [1.82, 2.24) is 0 Å². The molecule has 7 heteroatoms. The number of anilines is 2. The second-order valence-corrected chi connectivity index (χ2v) is 6.48. The number of rotatable bonds is 5. The van der Waals surface area contributed by atoms with Crippen molar-refractivity contribution in [1.29, 1.82) is 0 Å². The highest BCUT2D eigenvalue weighted by Gasteiger charge is 2.24. The van der Waals surface area contributed by atoms with Gasteiger partial charge in [0.15, 0.2) is 6.61 Å². The van der Waals surface area contributed by atoms with Crippen LogP contribution in [0.1, 0.15) is 12.8 Å². The van der Waals surface area contributed by atoms with Gasteiger partial charge in [-0.1, -0.05) is 35.3 Å². The van der Waals surface area contributed by atoms with E-state index in [0.717, 1.165) is 6.42 Å². The zero-order valence-electron chi connectivity index (χ0n) is 13.3. The molecule has 0 radical (unpaired) electrons. The van der Waals surface area contributed by atoms with Crippen LogP contribution in [0.5, 0.6) is 5.75 Å². The first-order valence-electron chi connectivity index (χ1n) is 7.81. The fourth-order valence-electron chi connectivity index (χ4n) is 2.66. The second kappa shape index (κ2) is 7.76. The molecule has 1 heterocycles. The summed E-state index contributed by atoms with van der Waals surface area (Å²) in [6, 6.07) is 12.0. The molecule has 0 spiro atoms. The Morgan fingerprint density at radius 2 is 1.88 bits per heavy atom. The number of carbonyl (C=O) groups excluding carboxylic acids is 2. The monoisotopic (exact) mass is 378 g/mol. The molecule has 1 aliphatic rings. The van der Waals surface area contributed by atoms with Crippen molar-refractivity contribution < 1.29 is 14.3 Å². The molecule has 2 aromatic carbocycles. The van der Waals surface area contributed by atoms with E-state index in [1.54, 1.807) is 35.2 Å². The molecular weight excluding hydrogens is 363 g/mol. The van der Waals surface area contributed by atoms with E-state index in [1.807, 2.05) is 12.1 Å². The molecule has 0 aliphatic carbocycles. The van der Waals surface area contributed by atoms with Crippen molar-refractivity contribution in [3.8, 4) is 5.75 Å². The Bertz CT molecular complexity index is 790. The van der Waals surface area contributed by atoms with Crippen LogP contribution in [-0.4, -0.2) is 25.0 Å². The van der Waals surface area contributed by atoms with Crippen molar-refractivity contribution in [3.05, 3.63) is 52.5 Å². The van der Waals surface area contributed by atoms with Crippen LogP contribution < -0.4 is 15.0 Å². The molecular formula is C18H16Cl2N2O3. The smallest absolute Gasteiger partial charge is 0.262 e. The van der Waals surface area contributed by atoms with Crippen LogP contribution in [0.25, 0.3) is 0 Å². The largest absolute Gasteiger partial charge is 0.484 e. The third-order valence-electron chi connectivity index (χ3n) is 3.75. The first kappa shape index (κ1) is 17.6. The fraction of sp³-hybridized carbons (Fsp3) is 0.222. The maximum absolute atomic E-state index is 12.2. The molecule has 1 saturated heterocycles. The average Bonchev–Trinajstić information content (AvgIpc) is 2.98. The summed E-state index contributed by atoms with van der Waals surface area (Å²) in [7, 11) is 0. The molecule has 0 aromatic heterocycles. The third kappa shape index (κ3) is 4.44. The molecule has 0 saturated carbocycles. The molecule has 0 unspecified atom stereocenters. The zero-order chi connectivity index (χ0) is 17.8. The number of para-hydroxylation sites is 2. The molecule has 0 atom stereocenters. The maximum atomic E-state index is 12.2. The van der Waals surface area contributed by atoms with Crippen molar-refractivity contribution in [2.45, 2.75) is 12.8 Å². The highest BCUT2D eigenvalue weighted by molar-refractivity contribution is 6.34. The Labute approximate surface area is 155 Å². The average molecular weight is 379 g/mol. The molecule has 1 aliphatic heterocycles. The van der Waals surface area contributed by atoms with E-state index in [4.69, 9.17) is 27.9 Å². The Balaban J connectivity index is 1.66. The zero-order valence-corrected chi connectivity index (χ0v) is 14.8. The van der Waals surface area contributed by atoms with Crippen molar-refractivity contribution >= 4 is 46.4 Å². The minimum absolute atomic E-state index is 0.0616. The predicted molar refractivity (Wildman–Crippen MR) is 98.6 cm³/mol. The van der Waals surface area contributed by atoms with Crippen molar-refractivity contribution in [2.24, 2.45) is 0 Å². The summed E-state index contributed by atoms with van der Waals surface area (Å²) in [5, 5.41) is 3.65. The molecule has 2 aromatic rings. The number of halogens is 2. The van der Waals surface area contributed by atoms with E-state index >= 15 is 0 Å². The second-order valence-electron chi connectivity index (χ2n) is 5.61. The van der Waals surface area contributed by atoms with Crippen molar-refractivity contribution in [2.75, 3.05) is 23.4 Å². The summed E-state index contributed by atoms with van der Waals surface area (Å²) in [6.07, 6.45) is 1.35.